The Labute approximate surface area is 65.0 Å². The maximum absolute atomic E-state index is 10.3. The first-order valence-corrected chi connectivity index (χ1v) is 3.78. The van der Waals surface area contributed by atoms with Crippen LogP contribution in [0.3, 0.4) is 0 Å². The molecule has 2 unspecified atom stereocenters. The molecular weight excluding hydrogens is 146 g/mol. The van der Waals surface area contributed by atoms with Gasteiger partial charge in [0.15, 0.2) is 0 Å². The molecule has 0 aromatic rings. The third-order valence-corrected chi connectivity index (χ3v) is 1.92. The summed E-state index contributed by atoms with van der Waals surface area (Å²) in [5.41, 5.74) is 3.49. The minimum Gasteiger partial charge on any atom is -0.544 e. The van der Waals surface area contributed by atoms with Crippen LogP contribution in [0.25, 0.3) is 0 Å². The van der Waals surface area contributed by atoms with Gasteiger partial charge in [-0.1, -0.05) is 0 Å². The summed E-state index contributed by atoms with van der Waals surface area (Å²) in [6.45, 7) is 1.75. The van der Waals surface area contributed by atoms with Crippen LogP contribution in [0.15, 0.2) is 0 Å². The van der Waals surface area contributed by atoms with Gasteiger partial charge in [0.05, 0.1) is 18.9 Å². The van der Waals surface area contributed by atoms with Crippen molar-refractivity contribution in [3.05, 3.63) is 0 Å². The van der Waals surface area contributed by atoms with Crippen LogP contribution in [0.4, 0.5) is 0 Å². The molecule has 5 nitrogen and oxygen atoms in total. The zero-order valence-corrected chi connectivity index (χ0v) is 6.38. The number of hydrogen-bond acceptors (Lipinski definition) is 3. The quantitative estimate of drug-likeness (QED) is 0.386. The number of carbonyl (C=O) groups excluding carboxylic acids is 1. The maximum atomic E-state index is 10.3. The number of carboxylic acids is 1. The summed E-state index contributed by atoms with van der Waals surface area (Å²) in [6.07, 6.45) is 0.593. The van der Waals surface area contributed by atoms with E-state index in [1.165, 1.54) is 0 Å². The lowest BCUT2D eigenvalue weighted by molar-refractivity contribution is -0.674. The molecule has 6 N–H and O–H groups in total. The highest BCUT2D eigenvalue weighted by Crippen LogP contribution is 1.90. The number of carboxylic acid groups (broad SMARTS) is 1. The molecule has 0 aliphatic carbocycles. The van der Waals surface area contributed by atoms with Crippen molar-refractivity contribution in [2.45, 2.75) is 18.5 Å². The second-order valence-electron chi connectivity index (χ2n) is 2.91. The Morgan fingerprint density at radius 2 is 2.64 bits per heavy atom. The number of rotatable bonds is 3. The number of nitrogens with one attached hydrogen (secondary N) is 1. The summed E-state index contributed by atoms with van der Waals surface area (Å²) in [6, 6.07) is -0.216. The van der Waals surface area contributed by atoms with Crippen molar-refractivity contribution in [3.63, 3.8) is 0 Å². The molecule has 5 heteroatoms. The summed E-state index contributed by atoms with van der Waals surface area (Å²) in [5, 5.41) is 15.5. The van der Waals surface area contributed by atoms with Gasteiger partial charge in [-0.05, 0) is 0 Å². The lowest BCUT2D eigenvalue weighted by Gasteiger charge is -2.11. The van der Waals surface area contributed by atoms with Crippen LogP contribution in [0.1, 0.15) is 6.42 Å². The van der Waals surface area contributed by atoms with Gasteiger partial charge in [-0.2, -0.15) is 0 Å². The molecule has 1 heterocycles. The lowest BCUT2D eigenvalue weighted by atomic mass is 10.1. The van der Waals surface area contributed by atoms with Gasteiger partial charge in [0.25, 0.3) is 0 Å². The number of carbonyl (C=O) groups is 1. The van der Waals surface area contributed by atoms with E-state index in [9.17, 15) is 9.90 Å². The van der Waals surface area contributed by atoms with Crippen molar-refractivity contribution < 1.29 is 21.0 Å². The van der Waals surface area contributed by atoms with Crippen LogP contribution in [0.5, 0.6) is 0 Å². The molecule has 0 amide bonds. The summed E-state index contributed by atoms with van der Waals surface area (Å²) in [4.78, 5) is 10.3. The van der Waals surface area contributed by atoms with E-state index in [1.54, 1.807) is 0 Å². The molecule has 1 rings (SSSR count). The smallest absolute Gasteiger partial charge is 0.130 e. The van der Waals surface area contributed by atoms with E-state index < -0.39 is 12.0 Å². The van der Waals surface area contributed by atoms with Crippen LogP contribution >= 0.6 is 0 Å². The fraction of sp³-hybridized carbons (Fsp3) is 0.833. The number of hydrogen-bond donors (Lipinski definition) is 3. The van der Waals surface area contributed by atoms with Gasteiger partial charge in [0.1, 0.15) is 18.8 Å². The van der Waals surface area contributed by atoms with Crippen molar-refractivity contribution in [2.75, 3.05) is 13.2 Å². The third-order valence-electron chi connectivity index (χ3n) is 1.92. The van der Waals surface area contributed by atoms with Crippen molar-refractivity contribution in [3.8, 4) is 0 Å². The first-order chi connectivity index (χ1) is 5.20. The summed E-state index contributed by atoms with van der Waals surface area (Å²) in [7, 11) is 0. The van der Waals surface area contributed by atoms with Crippen LogP contribution in [-0.2, 0) is 4.79 Å². The molecular formula is C6H14N3O2+. The SMILES string of the molecule is [NH3+]C(CC1CNC[NH2+]1)C(=O)[O-]. The van der Waals surface area contributed by atoms with Crippen LogP contribution in [-0.4, -0.2) is 31.3 Å². The molecule has 0 radical (unpaired) electrons. The largest absolute Gasteiger partial charge is 0.544 e. The van der Waals surface area contributed by atoms with Gasteiger partial charge in [-0.3, -0.25) is 5.32 Å². The van der Waals surface area contributed by atoms with Crippen molar-refractivity contribution in [1.29, 1.82) is 0 Å². The Kier molecular flexibility index (Phi) is 2.81. The number of aliphatic carboxylic acids is 1. The highest BCUT2D eigenvalue weighted by atomic mass is 16.4. The minimum atomic E-state index is -1.05. The van der Waals surface area contributed by atoms with Crippen LogP contribution < -0.4 is 21.5 Å². The van der Waals surface area contributed by atoms with Gasteiger partial charge < -0.3 is 21.0 Å². The monoisotopic (exact) mass is 160 g/mol. The molecule has 1 fully saturated rings. The summed E-state index contributed by atoms with van der Waals surface area (Å²) in [5.74, 6) is -1.05. The van der Waals surface area contributed by atoms with Crippen molar-refractivity contribution in [1.82, 2.24) is 5.32 Å². The molecule has 0 aromatic carbocycles. The zero-order chi connectivity index (χ0) is 8.27. The Hall–Kier alpha value is -0.650. The molecule has 1 aliphatic heterocycles. The van der Waals surface area contributed by atoms with E-state index in [4.69, 9.17) is 0 Å². The molecule has 1 aliphatic rings. The average molecular weight is 160 g/mol. The van der Waals surface area contributed by atoms with Gasteiger partial charge in [0.2, 0.25) is 0 Å². The average Bonchev–Trinajstić information content (AvgIpc) is 2.39. The van der Waals surface area contributed by atoms with E-state index in [-0.39, 0.29) is 0 Å². The number of quaternary nitrogens is 2. The molecule has 0 aromatic heterocycles. The Bertz CT molecular complexity index is 145. The Balaban J connectivity index is 2.23. The topological polar surface area (TPSA) is 96.4 Å². The molecule has 1 saturated heterocycles. The molecule has 0 saturated carbocycles. The predicted molar refractivity (Wildman–Crippen MR) is 34.9 cm³/mol. The summed E-state index contributed by atoms with van der Waals surface area (Å²) < 4.78 is 0. The molecule has 0 spiro atoms. The van der Waals surface area contributed by atoms with Gasteiger partial charge >= 0.3 is 0 Å². The predicted octanol–water partition coefficient (Wildman–Crippen LogP) is -4.77. The highest BCUT2D eigenvalue weighted by Gasteiger charge is 2.22. The second kappa shape index (κ2) is 3.66. The van der Waals surface area contributed by atoms with E-state index in [2.05, 4.69) is 16.4 Å². The van der Waals surface area contributed by atoms with E-state index >= 15 is 0 Å². The molecule has 2 atom stereocenters. The fourth-order valence-electron chi connectivity index (χ4n) is 1.24. The zero-order valence-electron chi connectivity index (χ0n) is 6.38. The highest BCUT2D eigenvalue weighted by molar-refractivity contribution is 5.69. The third kappa shape index (κ3) is 2.45. The molecule has 0 bridgehead atoms. The first kappa shape index (κ1) is 8.45. The molecule has 11 heavy (non-hydrogen) atoms. The van der Waals surface area contributed by atoms with Crippen molar-refractivity contribution in [2.24, 2.45) is 0 Å². The standard InChI is InChI=1S/C6H13N3O2/c7-5(6(10)11)1-4-2-8-3-9-4/h4-5,8-9H,1-3,7H2,(H,10,11)/p+1. The van der Waals surface area contributed by atoms with Gasteiger partial charge in [0, 0.05) is 0 Å². The Morgan fingerprint density at radius 1 is 1.91 bits per heavy atom. The fourth-order valence-corrected chi connectivity index (χ4v) is 1.24. The molecule has 64 valence electrons. The maximum Gasteiger partial charge on any atom is 0.130 e. The Morgan fingerprint density at radius 3 is 3.09 bits per heavy atom. The van der Waals surface area contributed by atoms with E-state index in [0.717, 1.165) is 13.2 Å². The van der Waals surface area contributed by atoms with Crippen molar-refractivity contribution >= 4 is 5.97 Å². The van der Waals surface area contributed by atoms with E-state index in [1.807, 2.05) is 0 Å². The number of nitrogens with two attached hydrogens (primary N) is 1. The van der Waals surface area contributed by atoms with Gasteiger partial charge in [-0.15, -0.1) is 0 Å². The van der Waals surface area contributed by atoms with Crippen LogP contribution in [0, 0.1) is 0 Å². The van der Waals surface area contributed by atoms with Crippen LogP contribution in [0.2, 0.25) is 0 Å². The first-order valence-electron chi connectivity index (χ1n) is 3.78. The lowest BCUT2D eigenvalue weighted by Crippen LogP contribution is -2.89. The van der Waals surface area contributed by atoms with E-state index in [0.29, 0.717) is 12.5 Å². The minimum absolute atomic E-state index is 0.357. The second-order valence-corrected chi connectivity index (χ2v) is 2.91. The summed E-state index contributed by atoms with van der Waals surface area (Å²) >= 11 is 0. The van der Waals surface area contributed by atoms with Gasteiger partial charge in [-0.25, -0.2) is 0 Å². The normalized spacial score (nSPS) is 26.8.